The lowest BCUT2D eigenvalue weighted by Crippen LogP contribution is -2.37. The number of thiophene rings is 1. The number of hydrogen-bond acceptors (Lipinski definition) is 4. The van der Waals surface area contributed by atoms with E-state index in [1.54, 1.807) is 29.5 Å². The van der Waals surface area contributed by atoms with Gasteiger partial charge in [-0.2, -0.15) is 0 Å². The Morgan fingerprint density at radius 2 is 2.04 bits per heavy atom. The molecular formula is C19H18N2O3S. The van der Waals surface area contributed by atoms with Crippen LogP contribution in [0.4, 0.5) is 10.5 Å². The van der Waals surface area contributed by atoms with Gasteiger partial charge in [0.05, 0.1) is 0 Å². The van der Waals surface area contributed by atoms with Crippen molar-refractivity contribution in [1.82, 2.24) is 5.32 Å². The number of anilines is 1. The average Bonchev–Trinajstić information content (AvgIpc) is 3.21. The molecule has 1 aliphatic rings. The molecule has 0 saturated carbocycles. The van der Waals surface area contributed by atoms with Gasteiger partial charge in [-0.1, -0.05) is 18.2 Å². The monoisotopic (exact) mass is 354 g/mol. The zero-order chi connectivity index (χ0) is 17.2. The van der Waals surface area contributed by atoms with Crippen molar-refractivity contribution in [1.29, 1.82) is 0 Å². The number of carbonyl (C=O) groups is 1. The van der Waals surface area contributed by atoms with E-state index in [1.807, 2.05) is 19.1 Å². The number of hydrogen-bond donors (Lipinski definition) is 2. The predicted octanol–water partition coefficient (Wildman–Crippen LogP) is 4.38. The van der Waals surface area contributed by atoms with E-state index in [4.69, 9.17) is 9.47 Å². The van der Waals surface area contributed by atoms with Gasteiger partial charge in [0.1, 0.15) is 0 Å². The molecule has 4 rings (SSSR count). The first-order chi connectivity index (χ1) is 12.2. The van der Waals surface area contributed by atoms with Crippen LogP contribution in [0.5, 0.6) is 11.5 Å². The smallest absolute Gasteiger partial charge is 0.319 e. The van der Waals surface area contributed by atoms with E-state index in [9.17, 15) is 4.79 Å². The second-order valence-corrected chi connectivity index (χ2v) is 6.94. The van der Waals surface area contributed by atoms with E-state index in [-0.39, 0.29) is 18.9 Å². The fourth-order valence-electron chi connectivity index (χ4n) is 2.94. The Kier molecular flexibility index (Phi) is 4.19. The van der Waals surface area contributed by atoms with E-state index in [0.717, 1.165) is 6.42 Å². The number of fused-ring (bicyclic) bond motifs is 2. The SMILES string of the molecule is CC(Cc1csc2ccccc12)NC(=O)Nc1ccc2c(c1)OCO2. The summed E-state index contributed by atoms with van der Waals surface area (Å²) in [6, 6.07) is 13.5. The molecule has 1 aromatic heterocycles. The van der Waals surface area contributed by atoms with E-state index < -0.39 is 0 Å². The molecule has 128 valence electrons. The molecule has 2 amide bonds. The Balaban J connectivity index is 1.37. The Morgan fingerprint density at radius 3 is 2.96 bits per heavy atom. The van der Waals surface area contributed by atoms with Crippen LogP contribution in [0.3, 0.4) is 0 Å². The van der Waals surface area contributed by atoms with Crippen molar-refractivity contribution in [3.8, 4) is 11.5 Å². The molecule has 2 aromatic carbocycles. The van der Waals surface area contributed by atoms with Crippen molar-refractivity contribution in [3.05, 3.63) is 53.4 Å². The van der Waals surface area contributed by atoms with Gasteiger partial charge < -0.3 is 20.1 Å². The Labute approximate surface area is 149 Å². The van der Waals surface area contributed by atoms with Gasteiger partial charge in [-0.15, -0.1) is 11.3 Å². The summed E-state index contributed by atoms with van der Waals surface area (Å²) in [4.78, 5) is 12.2. The maximum Gasteiger partial charge on any atom is 0.319 e. The first-order valence-corrected chi connectivity index (χ1v) is 8.99. The molecule has 3 aromatic rings. The summed E-state index contributed by atoms with van der Waals surface area (Å²) >= 11 is 1.73. The molecule has 1 aliphatic heterocycles. The molecule has 2 heterocycles. The normalized spacial score (nSPS) is 13.6. The van der Waals surface area contributed by atoms with Crippen LogP contribution in [0, 0.1) is 0 Å². The summed E-state index contributed by atoms with van der Waals surface area (Å²) in [5.74, 6) is 1.35. The van der Waals surface area contributed by atoms with Gasteiger partial charge in [-0.05, 0) is 47.9 Å². The van der Waals surface area contributed by atoms with Gasteiger partial charge in [0.2, 0.25) is 6.79 Å². The number of urea groups is 1. The number of rotatable bonds is 4. The fourth-order valence-corrected chi connectivity index (χ4v) is 3.91. The summed E-state index contributed by atoms with van der Waals surface area (Å²) in [6.07, 6.45) is 0.790. The Morgan fingerprint density at radius 1 is 1.20 bits per heavy atom. The second-order valence-electron chi connectivity index (χ2n) is 6.03. The van der Waals surface area contributed by atoms with Crippen LogP contribution in [-0.4, -0.2) is 18.9 Å². The van der Waals surface area contributed by atoms with E-state index in [2.05, 4.69) is 28.1 Å². The lowest BCUT2D eigenvalue weighted by Gasteiger charge is -2.14. The zero-order valence-corrected chi connectivity index (χ0v) is 14.6. The van der Waals surface area contributed by atoms with Crippen molar-refractivity contribution in [2.75, 3.05) is 12.1 Å². The molecule has 0 spiro atoms. The number of ether oxygens (including phenoxy) is 2. The van der Waals surface area contributed by atoms with Crippen molar-refractivity contribution in [2.45, 2.75) is 19.4 Å². The lowest BCUT2D eigenvalue weighted by atomic mass is 10.1. The zero-order valence-electron chi connectivity index (χ0n) is 13.7. The second kappa shape index (κ2) is 6.64. The third kappa shape index (κ3) is 3.39. The minimum Gasteiger partial charge on any atom is -0.454 e. The lowest BCUT2D eigenvalue weighted by molar-refractivity contribution is 0.174. The molecule has 1 unspecified atom stereocenters. The van der Waals surface area contributed by atoms with Gasteiger partial charge in [-0.3, -0.25) is 0 Å². The maximum absolute atomic E-state index is 12.2. The van der Waals surface area contributed by atoms with Crippen molar-refractivity contribution in [2.24, 2.45) is 0 Å². The van der Waals surface area contributed by atoms with E-state index in [1.165, 1.54) is 15.6 Å². The molecule has 1 atom stereocenters. The quantitative estimate of drug-likeness (QED) is 0.731. The van der Waals surface area contributed by atoms with Gasteiger partial charge in [-0.25, -0.2) is 4.79 Å². The number of amides is 2. The number of carbonyl (C=O) groups excluding carboxylic acids is 1. The molecule has 6 heteroatoms. The minimum atomic E-state index is -0.231. The standard InChI is InChI=1S/C19H18N2O3S/c1-12(8-13-10-25-18-5-3-2-4-15(13)18)20-19(22)21-14-6-7-16-17(9-14)24-11-23-16/h2-7,9-10,12H,8,11H2,1H3,(H2,20,21,22). The van der Waals surface area contributed by atoms with Gasteiger partial charge in [0.15, 0.2) is 11.5 Å². The largest absolute Gasteiger partial charge is 0.454 e. The highest BCUT2D eigenvalue weighted by molar-refractivity contribution is 7.17. The van der Waals surface area contributed by atoms with Crippen LogP contribution < -0.4 is 20.1 Å². The highest BCUT2D eigenvalue weighted by Gasteiger charge is 2.15. The van der Waals surface area contributed by atoms with E-state index in [0.29, 0.717) is 17.2 Å². The Bertz CT molecular complexity index is 922. The summed E-state index contributed by atoms with van der Waals surface area (Å²) in [6.45, 7) is 2.22. The molecule has 25 heavy (non-hydrogen) atoms. The average molecular weight is 354 g/mol. The third-order valence-corrected chi connectivity index (χ3v) is 5.11. The molecule has 0 radical (unpaired) electrons. The topological polar surface area (TPSA) is 59.6 Å². The summed E-state index contributed by atoms with van der Waals surface area (Å²) in [7, 11) is 0. The highest BCUT2D eigenvalue weighted by Crippen LogP contribution is 2.34. The maximum atomic E-state index is 12.2. The van der Waals surface area contributed by atoms with E-state index >= 15 is 0 Å². The highest BCUT2D eigenvalue weighted by atomic mass is 32.1. The minimum absolute atomic E-state index is 0.0204. The van der Waals surface area contributed by atoms with Crippen molar-refractivity contribution >= 4 is 33.1 Å². The molecule has 5 nitrogen and oxygen atoms in total. The molecule has 2 N–H and O–H groups in total. The van der Waals surface area contributed by atoms with Crippen LogP contribution in [0.2, 0.25) is 0 Å². The number of benzene rings is 2. The van der Waals surface area contributed by atoms with Crippen molar-refractivity contribution < 1.29 is 14.3 Å². The molecule has 0 saturated heterocycles. The van der Waals surface area contributed by atoms with Gasteiger partial charge in [0.25, 0.3) is 0 Å². The summed E-state index contributed by atoms with van der Waals surface area (Å²) < 4.78 is 11.9. The summed E-state index contributed by atoms with van der Waals surface area (Å²) in [5.41, 5.74) is 1.94. The molecule has 0 fully saturated rings. The number of nitrogens with one attached hydrogen (secondary N) is 2. The van der Waals surface area contributed by atoms with Crippen molar-refractivity contribution in [3.63, 3.8) is 0 Å². The Hall–Kier alpha value is -2.73. The first-order valence-electron chi connectivity index (χ1n) is 8.11. The van der Waals surface area contributed by atoms with Crippen LogP contribution >= 0.6 is 11.3 Å². The van der Waals surface area contributed by atoms with Crippen LogP contribution in [0.15, 0.2) is 47.8 Å². The fraction of sp³-hybridized carbons (Fsp3) is 0.211. The molecule has 0 bridgehead atoms. The molecule has 0 aliphatic carbocycles. The van der Waals surface area contributed by atoms with Gasteiger partial charge >= 0.3 is 6.03 Å². The van der Waals surface area contributed by atoms with Crippen LogP contribution in [-0.2, 0) is 6.42 Å². The molecular weight excluding hydrogens is 336 g/mol. The van der Waals surface area contributed by atoms with Gasteiger partial charge in [0, 0.05) is 22.5 Å². The van der Waals surface area contributed by atoms with Crippen LogP contribution in [0.1, 0.15) is 12.5 Å². The predicted molar refractivity (Wildman–Crippen MR) is 99.7 cm³/mol. The third-order valence-electron chi connectivity index (χ3n) is 4.10. The van der Waals surface area contributed by atoms with Crippen LogP contribution in [0.25, 0.3) is 10.1 Å². The first kappa shape index (κ1) is 15.8. The summed E-state index contributed by atoms with van der Waals surface area (Å²) in [5, 5.41) is 9.24.